The molecule has 2 aromatic carbocycles. The van der Waals surface area contributed by atoms with E-state index in [1.54, 1.807) is 64.6 Å². The fourth-order valence-corrected chi connectivity index (χ4v) is 7.40. The summed E-state index contributed by atoms with van der Waals surface area (Å²) in [6, 6.07) is 6.78. The average molecular weight is 928 g/mol. The Balaban J connectivity index is 1.59. The van der Waals surface area contributed by atoms with Crippen molar-refractivity contribution in [3.63, 3.8) is 0 Å². The molecule has 20 heteroatoms. The fourth-order valence-electron chi connectivity index (χ4n) is 6.73. The molecule has 0 radical (unpaired) electrons. The number of anilines is 6. The average Bonchev–Trinajstić information content (AvgIpc) is 3.96. The highest BCUT2D eigenvalue weighted by atomic mass is 35.5. The summed E-state index contributed by atoms with van der Waals surface area (Å²) >= 11 is 13.4. The van der Waals surface area contributed by atoms with Gasteiger partial charge in [-0.2, -0.15) is 4.90 Å². The van der Waals surface area contributed by atoms with Crippen molar-refractivity contribution in [2.45, 2.75) is 97.5 Å². The second kappa shape index (κ2) is 18.6. The predicted octanol–water partition coefficient (Wildman–Crippen LogP) is 9.59. The summed E-state index contributed by atoms with van der Waals surface area (Å²) in [5.41, 5.74) is -2.42. The molecule has 1 saturated carbocycles. The Morgan fingerprint density at radius 2 is 1.36 bits per heavy atom. The highest BCUT2D eigenvalue weighted by Crippen LogP contribution is 2.48. The molecule has 2 aliphatic rings. The zero-order chi connectivity index (χ0) is 47.7. The van der Waals surface area contributed by atoms with Crippen LogP contribution in [0.4, 0.5) is 53.6 Å². The number of piperazine rings is 1. The number of carbonyl (C=O) groups excluding carboxylic acids is 5. The lowest BCUT2D eigenvalue weighted by Crippen LogP contribution is -2.58. The van der Waals surface area contributed by atoms with E-state index in [0.29, 0.717) is 30.2 Å². The van der Waals surface area contributed by atoms with Gasteiger partial charge < -0.3 is 33.9 Å². The van der Waals surface area contributed by atoms with Gasteiger partial charge in [0.1, 0.15) is 62.0 Å². The number of halogens is 2. The number of imide groups is 1. The number of aromatic nitrogens is 2. The van der Waals surface area contributed by atoms with Crippen LogP contribution in [0, 0.1) is 0 Å². The molecule has 2 fully saturated rings. The van der Waals surface area contributed by atoms with Gasteiger partial charge in [0.15, 0.2) is 0 Å². The zero-order valence-corrected chi connectivity index (χ0v) is 39.8. The molecule has 5 rings (SSSR count). The SMILES string of the molecule is C=CC(=O)Nc1cc(N2CCN(C(=O)OC(C)(C)C)C3(CC3)C2)ccc1N(C(=O)OC(C)(C)C)c1cc(N(C)C(=O)N(C(=O)OC(C)(C)C)c2c(Cl)c(OC)cc(OC)c2Cl)ncn1. The molecule has 0 unspecified atom stereocenters. The van der Waals surface area contributed by atoms with Crippen molar-refractivity contribution in [1.29, 1.82) is 0 Å². The number of carbonyl (C=O) groups is 5. The number of rotatable bonds is 9. The topological polar surface area (TPSA) is 186 Å². The second-order valence-corrected chi connectivity index (χ2v) is 18.9. The van der Waals surface area contributed by atoms with Crippen LogP contribution < -0.4 is 34.4 Å². The summed E-state index contributed by atoms with van der Waals surface area (Å²) in [5, 5.41) is 2.42. The third kappa shape index (κ3) is 11.2. The summed E-state index contributed by atoms with van der Waals surface area (Å²) in [5.74, 6) is -0.686. The smallest absolute Gasteiger partial charge is 0.423 e. The molecule has 0 bridgehead atoms. The van der Waals surface area contributed by atoms with Gasteiger partial charge >= 0.3 is 24.3 Å². The van der Waals surface area contributed by atoms with Crippen molar-refractivity contribution in [2.75, 3.05) is 65.8 Å². The lowest BCUT2D eigenvalue weighted by Gasteiger charge is -2.43. The number of nitrogens with zero attached hydrogens (tertiary/aromatic N) is 7. The maximum atomic E-state index is 14.6. The lowest BCUT2D eigenvalue weighted by atomic mass is 10.1. The van der Waals surface area contributed by atoms with E-state index in [9.17, 15) is 24.0 Å². The number of hydrogen-bond donors (Lipinski definition) is 1. The van der Waals surface area contributed by atoms with Crippen LogP contribution in [0.25, 0.3) is 0 Å². The minimum Gasteiger partial charge on any atom is -0.495 e. The molecule has 1 aromatic heterocycles. The molecule has 1 aliphatic heterocycles. The fraction of sp³-hybridized carbons (Fsp3) is 0.477. The third-order valence-electron chi connectivity index (χ3n) is 9.74. The molecule has 6 amide bonds. The molecular formula is C44H56Cl2N8O10. The molecule has 2 heterocycles. The largest absolute Gasteiger partial charge is 0.495 e. The molecule has 0 atom stereocenters. The second-order valence-electron chi connectivity index (χ2n) is 18.1. The Labute approximate surface area is 383 Å². The van der Waals surface area contributed by atoms with Crippen LogP contribution >= 0.6 is 23.2 Å². The molecule has 3 aromatic rings. The van der Waals surface area contributed by atoms with Crippen molar-refractivity contribution in [2.24, 2.45) is 0 Å². The first-order valence-corrected chi connectivity index (χ1v) is 21.1. The van der Waals surface area contributed by atoms with Gasteiger partial charge in [-0.25, -0.2) is 34.0 Å². The number of methoxy groups -OCH3 is 2. The van der Waals surface area contributed by atoms with Gasteiger partial charge in [-0.15, -0.1) is 0 Å². The van der Waals surface area contributed by atoms with Gasteiger partial charge in [-0.3, -0.25) is 14.6 Å². The normalized spacial score (nSPS) is 14.5. The zero-order valence-electron chi connectivity index (χ0n) is 38.3. The van der Waals surface area contributed by atoms with E-state index in [2.05, 4.69) is 26.8 Å². The standard InChI is InChI=1S/C44H56Cl2N8O10/c1-14-33(55)49-27-21-26(51-19-20-52(44(24-51)17-18-44)38(57)62-41(2,3)4)15-16-28(27)53(39(58)63-42(5,6)7)32-23-31(47-25-48-32)50(11)37(56)54(40(59)64-43(8,9)10)36-34(45)29(60-12)22-30(61-13)35(36)46/h14-16,21-23,25H,1,17-20,24H2,2-13H3,(H,49,55). The van der Waals surface area contributed by atoms with Crippen LogP contribution in [-0.2, 0) is 19.0 Å². The van der Waals surface area contributed by atoms with E-state index < -0.39 is 46.5 Å². The van der Waals surface area contributed by atoms with Crippen molar-refractivity contribution in [3.05, 3.63) is 59.4 Å². The van der Waals surface area contributed by atoms with Gasteiger partial charge in [-0.05, 0) is 99.4 Å². The van der Waals surface area contributed by atoms with Crippen LogP contribution in [-0.4, -0.2) is 108 Å². The van der Waals surface area contributed by atoms with Crippen molar-refractivity contribution in [3.8, 4) is 11.5 Å². The Morgan fingerprint density at radius 1 is 0.797 bits per heavy atom. The van der Waals surface area contributed by atoms with Gasteiger partial charge in [0, 0.05) is 44.5 Å². The molecule has 1 aliphatic carbocycles. The molecule has 1 N–H and O–H groups in total. The molecule has 64 heavy (non-hydrogen) atoms. The minimum atomic E-state index is -1.14. The Morgan fingerprint density at radius 3 is 1.89 bits per heavy atom. The number of hydrogen-bond acceptors (Lipinski definition) is 13. The summed E-state index contributed by atoms with van der Waals surface area (Å²) in [6.45, 7) is 20.4. The van der Waals surface area contributed by atoms with Gasteiger partial charge in [-0.1, -0.05) is 29.8 Å². The van der Waals surface area contributed by atoms with Crippen LogP contribution in [0.3, 0.4) is 0 Å². The minimum absolute atomic E-state index is 0.0414. The van der Waals surface area contributed by atoms with Crippen LogP contribution in [0.2, 0.25) is 10.0 Å². The van der Waals surface area contributed by atoms with Gasteiger partial charge in [0.2, 0.25) is 5.91 Å². The monoisotopic (exact) mass is 926 g/mol. The summed E-state index contributed by atoms with van der Waals surface area (Å²) in [6.07, 6.45) is 1.38. The molecule has 1 saturated heterocycles. The maximum absolute atomic E-state index is 14.6. The molecule has 18 nitrogen and oxygen atoms in total. The van der Waals surface area contributed by atoms with Crippen LogP contribution in [0.1, 0.15) is 75.2 Å². The number of ether oxygens (including phenoxy) is 5. The first-order chi connectivity index (χ1) is 29.7. The first-order valence-electron chi connectivity index (χ1n) is 20.3. The van der Waals surface area contributed by atoms with E-state index in [1.165, 1.54) is 33.4 Å². The highest BCUT2D eigenvalue weighted by Gasteiger charge is 2.54. The predicted molar refractivity (Wildman–Crippen MR) is 245 cm³/mol. The van der Waals surface area contributed by atoms with E-state index in [0.717, 1.165) is 35.0 Å². The third-order valence-corrected chi connectivity index (χ3v) is 10.5. The summed E-state index contributed by atoms with van der Waals surface area (Å²) in [4.78, 5) is 84.4. The Hall–Kier alpha value is -6.01. The number of amides is 6. The number of benzene rings is 2. The summed E-state index contributed by atoms with van der Waals surface area (Å²) < 4.78 is 28.0. The molecular weight excluding hydrogens is 871 g/mol. The highest BCUT2D eigenvalue weighted by molar-refractivity contribution is 6.43. The molecule has 346 valence electrons. The quantitative estimate of drug-likeness (QED) is 0.158. The number of urea groups is 1. The lowest BCUT2D eigenvalue weighted by molar-refractivity contribution is -0.111. The Kier molecular flexibility index (Phi) is 14.2. The van der Waals surface area contributed by atoms with Crippen LogP contribution in [0.15, 0.2) is 49.3 Å². The van der Waals surface area contributed by atoms with Crippen LogP contribution in [0.5, 0.6) is 11.5 Å². The van der Waals surface area contributed by atoms with Crippen molar-refractivity contribution >= 4 is 87.8 Å². The number of nitrogens with one attached hydrogen (secondary N) is 1. The van der Waals surface area contributed by atoms with Crippen molar-refractivity contribution < 1.29 is 47.7 Å². The summed E-state index contributed by atoms with van der Waals surface area (Å²) in [7, 11) is 3.99. The first kappa shape index (κ1) is 49.0. The van der Waals surface area contributed by atoms with Gasteiger partial charge in [0.05, 0.1) is 31.1 Å². The van der Waals surface area contributed by atoms with Crippen molar-refractivity contribution in [1.82, 2.24) is 14.9 Å². The van der Waals surface area contributed by atoms with E-state index in [-0.39, 0.29) is 56.3 Å². The van der Waals surface area contributed by atoms with E-state index in [1.807, 2.05) is 20.8 Å². The van der Waals surface area contributed by atoms with Gasteiger partial charge in [0.25, 0.3) is 0 Å². The maximum Gasteiger partial charge on any atom is 0.423 e. The Bertz CT molecular complexity index is 2290. The van der Waals surface area contributed by atoms with E-state index >= 15 is 0 Å². The van der Waals surface area contributed by atoms with E-state index in [4.69, 9.17) is 46.9 Å². The molecule has 1 spiro atoms.